The van der Waals surface area contributed by atoms with Gasteiger partial charge < -0.3 is 5.41 Å². The summed E-state index contributed by atoms with van der Waals surface area (Å²) in [4.78, 5) is 11.4. The van der Waals surface area contributed by atoms with Crippen molar-refractivity contribution in [3.8, 4) is 6.07 Å². The fourth-order valence-corrected chi connectivity index (χ4v) is 1.09. The lowest BCUT2D eigenvalue weighted by atomic mass is 10.0. The van der Waals surface area contributed by atoms with E-state index in [0.717, 1.165) is 0 Å². The molecule has 1 aromatic rings. The molecule has 0 aliphatic heterocycles. The number of carbonyl (C=O) groups is 1. The van der Waals surface area contributed by atoms with Crippen molar-refractivity contribution in [2.75, 3.05) is 0 Å². The lowest BCUT2D eigenvalue weighted by Crippen LogP contribution is -2.24. The largest absolute Gasteiger partial charge is 0.429 e. The first-order valence-corrected chi connectivity index (χ1v) is 4.52. The number of halogens is 3. The molecular formula is C11H7F3N2O. The molecule has 3 nitrogen and oxygen atoms in total. The summed E-state index contributed by atoms with van der Waals surface area (Å²) < 4.78 is 36.1. The number of hydrogen-bond donors (Lipinski definition) is 1. The lowest BCUT2D eigenvalue weighted by molar-refractivity contribution is -0.0609. The first kappa shape index (κ1) is 12.9. The summed E-state index contributed by atoms with van der Waals surface area (Å²) in [5.41, 5.74) is -1.21. The SMILES string of the molecule is N#Cc1ccc(C(=O)CC(=N)C(F)(F)F)cc1. The van der Waals surface area contributed by atoms with Gasteiger partial charge in [-0.1, -0.05) is 12.1 Å². The summed E-state index contributed by atoms with van der Waals surface area (Å²) in [6.07, 6.45) is -5.77. The predicted octanol–water partition coefficient (Wildman–Crippen LogP) is 2.71. The number of Topliss-reactive ketones (excluding diaryl/α,β-unsaturated/α-hetero) is 1. The number of benzene rings is 1. The number of ketones is 1. The summed E-state index contributed by atoms with van der Waals surface area (Å²) >= 11 is 0. The van der Waals surface area contributed by atoms with Gasteiger partial charge in [-0.15, -0.1) is 0 Å². The van der Waals surface area contributed by atoms with E-state index in [4.69, 9.17) is 10.7 Å². The third-order valence-corrected chi connectivity index (χ3v) is 2.02. The highest BCUT2D eigenvalue weighted by Gasteiger charge is 2.35. The standard InChI is InChI=1S/C11H7F3N2O/c12-11(13,14)10(16)5-9(17)8-3-1-7(6-15)2-4-8/h1-4,16H,5H2. The van der Waals surface area contributed by atoms with Crippen LogP contribution in [0.1, 0.15) is 22.3 Å². The number of hydrogen-bond acceptors (Lipinski definition) is 3. The fourth-order valence-electron chi connectivity index (χ4n) is 1.09. The molecule has 0 saturated heterocycles. The average Bonchev–Trinajstić information content (AvgIpc) is 2.27. The van der Waals surface area contributed by atoms with Crippen LogP contribution in [0.15, 0.2) is 24.3 Å². The number of nitrogens with one attached hydrogen (secondary N) is 1. The zero-order chi connectivity index (χ0) is 13.1. The maximum absolute atomic E-state index is 12.0. The average molecular weight is 240 g/mol. The van der Waals surface area contributed by atoms with Crippen molar-refractivity contribution in [3.05, 3.63) is 35.4 Å². The molecule has 17 heavy (non-hydrogen) atoms. The molecule has 88 valence electrons. The van der Waals surface area contributed by atoms with Crippen LogP contribution in [-0.2, 0) is 0 Å². The molecule has 0 aromatic heterocycles. The van der Waals surface area contributed by atoms with Gasteiger partial charge >= 0.3 is 6.18 Å². The van der Waals surface area contributed by atoms with E-state index in [-0.39, 0.29) is 5.56 Å². The zero-order valence-electron chi connectivity index (χ0n) is 8.51. The van der Waals surface area contributed by atoms with Crippen LogP contribution in [0.2, 0.25) is 0 Å². The Balaban J connectivity index is 2.78. The first-order chi connectivity index (χ1) is 7.84. The fraction of sp³-hybridized carbons (Fsp3) is 0.182. The highest BCUT2D eigenvalue weighted by atomic mass is 19.4. The van der Waals surface area contributed by atoms with Gasteiger partial charge in [-0.2, -0.15) is 18.4 Å². The molecule has 0 unspecified atom stereocenters. The van der Waals surface area contributed by atoms with Crippen molar-refractivity contribution in [2.24, 2.45) is 0 Å². The molecule has 1 rings (SSSR count). The summed E-state index contributed by atoms with van der Waals surface area (Å²) in [7, 11) is 0. The minimum Gasteiger partial charge on any atom is -0.300 e. The topological polar surface area (TPSA) is 64.7 Å². The van der Waals surface area contributed by atoms with E-state index in [2.05, 4.69) is 0 Å². The van der Waals surface area contributed by atoms with Crippen LogP contribution in [0, 0.1) is 16.7 Å². The minimum absolute atomic E-state index is 0.0537. The van der Waals surface area contributed by atoms with Gasteiger partial charge in [-0.05, 0) is 12.1 Å². The Labute approximate surface area is 95.0 Å². The van der Waals surface area contributed by atoms with Gasteiger partial charge in [0.25, 0.3) is 0 Å². The molecular weight excluding hydrogens is 233 g/mol. The number of rotatable bonds is 3. The van der Waals surface area contributed by atoms with Gasteiger partial charge in [0.2, 0.25) is 0 Å². The van der Waals surface area contributed by atoms with E-state index < -0.39 is 24.1 Å². The molecule has 0 bridgehead atoms. The van der Waals surface area contributed by atoms with Crippen LogP contribution in [0.25, 0.3) is 0 Å². The van der Waals surface area contributed by atoms with Crippen LogP contribution in [0.4, 0.5) is 13.2 Å². The van der Waals surface area contributed by atoms with Crippen molar-refractivity contribution in [3.63, 3.8) is 0 Å². The van der Waals surface area contributed by atoms with E-state index in [0.29, 0.717) is 5.56 Å². The van der Waals surface area contributed by atoms with Gasteiger partial charge in [0.1, 0.15) is 5.71 Å². The Kier molecular flexibility index (Phi) is 3.63. The van der Waals surface area contributed by atoms with Gasteiger partial charge in [-0.25, -0.2) is 0 Å². The molecule has 1 aromatic carbocycles. The van der Waals surface area contributed by atoms with Crippen LogP contribution in [0.5, 0.6) is 0 Å². The number of carbonyl (C=O) groups excluding carboxylic acids is 1. The minimum atomic E-state index is -4.78. The van der Waals surface area contributed by atoms with E-state index in [1.165, 1.54) is 24.3 Å². The van der Waals surface area contributed by atoms with E-state index in [1.807, 2.05) is 6.07 Å². The Hall–Kier alpha value is -2.16. The Morgan fingerprint density at radius 2 is 1.82 bits per heavy atom. The van der Waals surface area contributed by atoms with Crippen molar-refractivity contribution >= 4 is 11.5 Å². The number of nitriles is 1. The molecule has 6 heteroatoms. The quantitative estimate of drug-likeness (QED) is 0.652. The van der Waals surface area contributed by atoms with Crippen LogP contribution >= 0.6 is 0 Å². The van der Waals surface area contributed by atoms with Crippen LogP contribution in [0.3, 0.4) is 0 Å². The Bertz CT molecular complexity index is 483. The normalized spacial score (nSPS) is 10.7. The van der Waals surface area contributed by atoms with Gasteiger partial charge in [0, 0.05) is 5.56 Å². The van der Waals surface area contributed by atoms with Gasteiger partial charge in [0.05, 0.1) is 18.1 Å². The van der Waals surface area contributed by atoms with Crippen molar-refractivity contribution in [1.82, 2.24) is 0 Å². The lowest BCUT2D eigenvalue weighted by Gasteiger charge is -2.07. The molecule has 1 N–H and O–H groups in total. The van der Waals surface area contributed by atoms with Crippen molar-refractivity contribution in [1.29, 1.82) is 10.7 Å². The van der Waals surface area contributed by atoms with E-state index >= 15 is 0 Å². The van der Waals surface area contributed by atoms with Crippen molar-refractivity contribution < 1.29 is 18.0 Å². The Morgan fingerprint density at radius 3 is 2.24 bits per heavy atom. The molecule has 0 aliphatic carbocycles. The molecule has 0 atom stereocenters. The first-order valence-electron chi connectivity index (χ1n) is 4.52. The van der Waals surface area contributed by atoms with Gasteiger partial charge in [0.15, 0.2) is 5.78 Å². The maximum Gasteiger partial charge on any atom is 0.429 e. The van der Waals surface area contributed by atoms with E-state index in [9.17, 15) is 18.0 Å². The maximum atomic E-state index is 12.0. The number of nitrogens with zero attached hydrogens (tertiary/aromatic N) is 1. The summed E-state index contributed by atoms with van der Waals surface area (Å²) in [6.45, 7) is 0. The summed E-state index contributed by atoms with van der Waals surface area (Å²) in [5.74, 6) is -0.795. The predicted molar refractivity (Wildman–Crippen MR) is 53.9 cm³/mol. The smallest absolute Gasteiger partial charge is 0.300 e. The highest BCUT2D eigenvalue weighted by molar-refractivity contribution is 6.10. The molecule has 0 heterocycles. The molecule has 0 amide bonds. The second-order valence-electron chi connectivity index (χ2n) is 3.27. The van der Waals surface area contributed by atoms with Crippen molar-refractivity contribution in [2.45, 2.75) is 12.6 Å². The molecule has 0 saturated carbocycles. The van der Waals surface area contributed by atoms with Gasteiger partial charge in [-0.3, -0.25) is 4.79 Å². The molecule has 0 spiro atoms. The van der Waals surface area contributed by atoms with E-state index in [1.54, 1.807) is 0 Å². The zero-order valence-corrected chi connectivity index (χ0v) is 8.51. The second kappa shape index (κ2) is 4.78. The second-order valence-corrected chi connectivity index (χ2v) is 3.27. The molecule has 0 fully saturated rings. The number of alkyl halides is 3. The van der Waals surface area contributed by atoms with Crippen LogP contribution in [-0.4, -0.2) is 17.7 Å². The third kappa shape index (κ3) is 3.41. The monoisotopic (exact) mass is 240 g/mol. The Morgan fingerprint density at radius 1 is 1.29 bits per heavy atom. The molecule has 0 aliphatic rings. The summed E-state index contributed by atoms with van der Waals surface area (Å²) in [6, 6.07) is 7.04. The van der Waals surface area contributed by atoms with Crippen LogP contribution < -0.4 is 0 Å². The molecule has 0 radical (unpaired) electrons. The summed E-state index contributed by atoms with van der Waals surface area (Å²) in [5, 5.41) is 15.2. The third-order valence-electron chi connectivity index (χ3n) is 2.02. The highest BCUT2D eigenvalue weighted by Crippen LogP contribution is 2.19.